The number of rotatable bonds is 6. The molecular formula is C22H16BrN3O3. The Bertz CT molecular complexity index is 1110. The maximum Gasteiger partial charge on any atom is 0.275 e. The van der Waals surface area contributed by atoms with Gasteiger partial charge in [-0.05, 0) is 57.9 Å². The summed E-state index contributed by atoms with van der Waals surface area (Å²) in [5.41, 5.74) is 4.64. The summed E-state index contributed by atoms with van der Waals surface area (Å²) in [5.74, 6) is 0.00470. The molecule has 0 atom stereocenters. The Hall–Kier alpha value is -3.63. The molecule has 2 N–H and O–H groups in total. The number of amides is 1. The van der Waals surface area contributed by atoms with Crippen LogP contribution in [0.2, 0.25) is 0 Å². The Morgan fingerprint density at radius 3 is 2.69 bits per heavy atom. The number of halogens is 1. The summed E-state index contributed by atoms with van der Waals surface area (Å²) in [5, 5.41) is 22.7. The van der Waals surface area contributed by atoms with Gasteiger partial charge in [-0.3, -0.25) is 4.79 Å². The van der Waals surface area contributed by atoms with Crippen LogP contribution in [0.15, 0.2) is 76.3 Å². The molecule has 0 aliphatic heterocycles. The van der Waals surface area contributed by atoms with Crippen LogP contribution in [0.5, 0.6) is 11.5 Å². The van der Waals surface area contributed by atoms with Crippen molar-refractivity contribution in [1.29, 1.82) is 5.26 Å². The van der Waals surface area contributed by atoms with Crippen molar-refractivity contribution in [2.45, 2.75) is 6.61 Å². The molecule has 3 rings (SSSR count). The Labute approximate surface area is 176 Å². The molecule has 0 aliphatic rings. The van der Waals surface area contributed by atoms with Crippen LogP contribution in [0.1, 0.15) is 27.0 Å². The van der Waals surface area contributed by atoms with Crippen molar-refractivity contribution >= 4 is 28.1 Å². The molecule has 3 aromatic rings. The number of hydrazone groups is 1. The van der Waals surface area contributed by atoms with Crippen molar-refractivity contribution in [3.63, 3.8) is 0 Å². The van der Waals surface area contributed by atoms with Crippen LogP contribution in [0.3, 0.4) is 0 Å². The van der Waals surface area contributed by atoms with Crippen molar-refractivity contribution < 1.29 is 14.6 Å². The Morgan fingerprint density at radius 2 is 1.93 bits per heavy atom. The molecule has 0 saturated heterocycles. The minimum absolute atomic E-state index is 0.109. The van der Waals surface area contributed by atoms with E-state index in [4.69, 9.17) is 10.00 Å². The van der Waals surface area contributed by atoms with E-state index >= 15 is 0 Å². The van der Waals surface area contributed by atoms with E-state index in [9.17, 15) is 9.90 Å². The second-order valence-electron chi connectivity index (χ2n) is 5.96. The predicted molar refractivity (Wildman–Crippen MR) is 113 cm³/mol. The van der Waals surface area contributed by atoms with Gasteiger partial charge in [-0.2, -0.15) is 10.4 Å². The summed E-state index contributed by atoms with van der Waals surface area (Å²) in [6, 6.07) is 21.0. The normalized spacial score (nSPS) is 10.5. The number of phenols is 1. The second-order valence-corrected chi connectivity index (χ2v) is 6.82. The number of ether oxygens (including phenoxy) is 1. The predicted octanol–water partition coefficient (Wildman–Crippen LogP) is 4.37. The number of hydrogen-bond acceptors (Lipinski definition) is 5. The smallest absolute Gasteiger partial charge is 0.275 e. The summed E-state index contributed by atoms with van der Waals surface area (Å²) >= 11 is 3.45. The topological polar surface area (TPSA) is 94.7 Å². The first-order chi connectivity index (χ1) is 14.1. The van der Waals surface area contributed by atoms with Crippen molar-refractivity contribution in [1.82, 2.24) is 5.43 Å². The molecule has 1 amide bonds. The lowest BCUT2D eigenvalue weighted by Crippen LogP contribution is -2.17. The standard InChI is InChI=1S/C22H16BrN3O3/c23-19-11-15(13-25-26-22(28)18-7-3-4-8-20(18)27)9-10-21(19)29-14-17-6-2-1-5-16(17)12-24/h1-11,13,27H,14H2,(H,26,28)/b25-13+. The van der Waals surface area contributed by atoms with E-state index in [1.165, 1.54) is 18.3 Å². The van der Waals surface area contributed by atoms with Crippen LogP contribution >= 0.6 is 15.9 Å². The van der Waals surface area contributed by atoms with Gasteiger partial charge in [0.2, 0.25) is 0 Å². The fraction of sp³-hybridized carbons (Fsp3) is 0.0455. The van der Waals surface area contributed by atoms with Crippen LogP contribution in [0.4, 0.5) is 0 Å². The van der Waals surface area contributed by atoms with Crippen molar-refractivity contribution in [2.24, 2.45) is 5.10 Å². The van der Waals surface area contributed by atoms with Crippen LogP contribution in [0, 0.1) is 11.3 Å². The van der Waals surface area contributed by atoms with E-state index < -0.39 is 5.91 Å². The first kappa shape index (κ1) is 20.1. The highest BCUT2D eigenvalue weighted by molar-refractivity contribution is 9.10. The Balaban J connectivity index is 1.62. The third-order valence-corrected chi connectivity index (χ3v) is 4.63. The van der Waals surface area contributed by atoms with E-state index in [0.717, 1.165) is 11.1 Å². The quantitative estimate of drug-likeness (QED) is 0.431. The number of benzene rings is 3. The lowest BCUT2D eigenvalue weighted by Gasteiger charge is -2.10. The molecule has 0 bridgehead atoms. The van der Waals surface area contributed by atoms with Gasteiger partial charge in [0.25, 0.3) is 5.91 Å². The van der Waals surface area contributed by atoms with Crippen molar-refractivity contribution in [2.75, 3.05) is 0 Å². The first-order valence-corrected chi connectivity index (χ1v) is 9.39. The van der Waals surface area contributed by atoms with Gasteiger partial charge in [0.15, 0.2) is 0 Å². The maximum atomic E-state index is 12.0. The lowest BCUT2D eigenvalue weighted by atomic mass is 10.1. The maximum absolute atomic E-state index is 12.0. The molecule has 144 valence electrons. The monoisotopic (exact) mass is 449 g/mol. The zero-order valence-corrected chi connectivity index (χ0v) is 16.8. The van der Waals surface area contributed by atoms with Gasteiger partial charge in [-0.25, -0.2) is 5.43 Å². The first-order valence-electron chi connectivity index (χ1n) is 8.60. The summed E-state index contributed by atoms with van der Waals surface area (Å²) in [4.78, 5) is 12.0. The summed E-state index contributed by atoms with van der Waals surface area (Å²) < 4.78 is 6.51. The molecule has 0 aliphatic carbocycles. The molecule has 6 nitrogen and oxygen atoms in total. The van der Waals surface area contributed by atoms with E-state index in [1.54, 1.807) is 36.4 Å². The Morgan fingerprint density at radius 1 is 1.17 bits per heavy atom. The molecule has 0 aromatic heterocycles. The van der Waals surface area contributed by atoms with E-state index in [1.807, 2.05) is 18.2 Å². The number of hydrogen-bond donors (Lipinski definition) is 2. The fourth-order valence-electron chi connectivity index (χ4n) is 2.52. The highest BCUT2D eigenvalue weighted by Crippen LogP contribution is 2.26. The average molecular weight is 450 g/mol. The molecule has 0 unspecified atom stereocenters. The molecule has 0 saturated carbocycles. The lowest BCUT2D eigenvalue weighted by molar-refractivity contribution is 0.0952. The van der Waals surface area contributed by atoms with Crippen molar-refractivity contribution in [3.05, 3.63) is 93.5 Å². The van der Waals surface area contributed by atoms with E-state index in [2.05, 4.69) is 32.5 Å². The minimum Gasteiger partial charge on any atom is -0.507 e. The molecule has 0 fully saturated rings. The second kappa shape index (κ2) is 9.53. The van der Waals surface area contributed by atoms with Gasteiger partial charge >= 0.3 is 0 Å². The molecule has 0 spiro atoms. The molecule has 3 aromatic carbocycles. The average Bonchev–Trinajstić information content (AvgIpc) is 2.73. The fourth-order valence-corrected chi connectivity index (χ4v) is 3.03. The summed E-state index contributed by atoms with van der Waals surface area (Å²) in [6.07, 6.45) is 1.48. The number of nitriles is 1. The highest BCUT2D eigenvalue weighted by atomic mass is 79.9. The van der Waals surface area contributed by atoms with Gasteiger partial charge in [-0.1, -0.05) is 30.3 Å². The molecular weight excluding hydrogens is 434 g/mol. The van der Waals surface area contributed by atoms with Gasteiger partial charge in [0, 0.05) is 5.56 Å². The van der Waals surface area contributed by atoms with E-state index in [-0.39, 0.29) is 17.9 Å². The minimum atomic E-state index is -0.505. The van der Waals surface area contributed by atoms with Gasteiger partial charge in [0.05, 0.1) is 27.9 Å². The molecule has 0 radical (unpaired) electrons. The highest BCUT2D eigenvalue weighted by Gasteiger charge is 2.09. The number of nitrogens with one attached hydrogen (secondary N) is 1. The number of carbonyl (C=O) groups excluding carboxylic acids is 1. The number of carbonyl (C=O) groups is 1. The zero-order chi connectivity index (χ0) is 20.6. The third kappa shape index (κ3) is 5.21. The van der Waals surface area contributed by atoms with Crippen LogP contribution in [-0.2, 0) is 6.61 Å². The van der Waals surface area contributed by atoms with Gasteiger partial charge in [-0.15, -0.1) is 0 Å². The number of para-hydroxylation sites is 1. The molecule has 29 heavy (non-hydrogen) atoms. The van der Waals surface area contributed by atoms with Crippen LogP contribution in [0.25, 0.3) is 0 Å². The molecule has 0 heterocycles. The summed E-state index contributed by atoms with van der Waals surface area (Å²) in [6.45, 7) is 0.270. The van der Waals surface area contributed by atoms with Crippen molar-refractivity contribution in [3.8, 4) is 17.6 Å². The van der Waals surface area contributed by atoms with Crippen LogP contribution in [-0.4, -0.2) is 17.2 Å². The molecule has 7 heteroatoms. The zero-order valence-electron chi connectivity index (χ0n) is 15.2. The third-order valence-electron chi connectivity index (χ3n) is 4.01. The SMILES string of the molecule is N#Cc1ccccc1COc1ccc(/C=N/NC(=O)c2ccccc2O)cc1Br. The Kier molecular flexibility index (Phi) is 6.61. The number of phenolic OH excluding ortho intramolecular Hbond substituents is 1. The summed E-state index contributed by atoms with van der Waals surface area (Å²) in [7, 11) is 0. The van der Waals surface area contributed by atoms with Crippen LogP contribution < -0.4 is 10.2 Å². The van der Waals surface area contributed by atoms with E-state index in [0.29, 0.717) is 15.8 Å². The van der Waals surface area contributed by atoms with Gasteiger partial charge in [0.1, 0.15) is 18.1 Å². The van der Waals surface area contributed by atoms with Gasteiger partial charge < -0.3 is 9.84 Å². The largest absolute Gasteiger partial charge is 0.507 e. The number of nitrogens with zero attached hydrogens (tertiary/aromatic N) is 2. The number of aromatic hydroxyl groups is 1.